The Morgan fingerprint density at radius 2 is 1.89 bits per heavy atom. The highest BCUT2D eigenvalue weighted by Gasteiger charge is 2.36. The van der Waals surface area contributed by atoms with E-state index in [1.807, 2.05) is 24.3 Å². The largest absolute Gasteiger partial charge is 0.383 e. The molecular weight excluding hydrogens is 632 g/mol. The third-order valence-electron chi connectivity index (χ3n) is 8.37. The fourth-order valence-electron chi connectivity index (χ4n) is 6.17. The van der Waals surface area contributed by atoms with Crippen molar-refractivity contribution in [3.63, 3.8) is 0 Å². The second kappa shape index (κ2) is 14.0. The SMILES string of the molecule is COCCN1[C@H](C)CN(C(=O)c2cc(Br)cc([N+](=O)[O-])c2N[C@@H]2COCC[C@@H]2NC(=O)c2cncc3ccccc23)C[C@@H]1C. The van der Waals surface area contributed by atoms with E-state index in [9.17, 15) is 19.7 Å². The molecule has 0 aliphatic carbocycles. The number of anilines is 1. The van der Waals surface area contributed by atoms with Gasteiger partial charge in [-0.15, -0.1) is 0 Å². The molecule has 2 amide bonds. The molecule has 2 fully saturated rings. The van der Waals surface area contributed by atoms with Gasteiger partial charge < -0.3 is 25.0 Å². The number of pyridine rings is 1. The van der Waals surface area contributed by atoms with Gasteiger partial charge in [0.05, 0.1) is 41.3 Å². The number of nitrogens with one attached hydrogen (secondary N) is 2. The van der Waals surface area contributed by atoms with Crippen molar-refractivity contribution in [2.45, 2.75) is 44.4 Å². The number of carbonyl (C=O) groups is 2. The first-order valence-corrected chi connectivity index (χ1v) is 15.5. The smallest absolute Gasteiger partial charge is 0.294 e. The first kappa shape index (κ1) is 31.8. The molecule has 0 radical (unpaired) electrons. The maximum Gasteiger partial charge on any atom is 0.294 e. The average molecular weight is 670 g/mol. The second-order valence-corrected chi connectivity index (χ2v) is 12.3. The monoisotopic (exact) mass is 668 g/mol. The molecule has 0 spiro atoms. The Bertz CT molecular complexity index is 1520. The van der Waals surface area contributed by atoms with Crippen LogP contribution in [-0.2, 0) is 9.47 Å². The van der Waals surface area contributed by atoms with Crippen LogP contribution >= 0.6 is 15.9 Å². The lowest BCUT2D eigenvalue weighted by molar-refractivity contribution is -0.384. The van der Waals surface area contributed by atoms with Crippen molar-refractivity contribution in [3.05, 3.63) is 74.5 Å². The quantitative estimate of drug-likeness (QED) is 0.255. The van der Waals surface area contributed by atoms with E-state index in [-0.39, 0.29) is 47.4 Å². The third kappa shape index (κ3) is 6.85. The summed E-state index contributed by atoms with van der Waals surface area (Å²) in [5.74, 6) is -0.606. The number of aromatic nitrogens is 1. The molecule has 1 aromatic heterocycles. The zero-order valence-corrected chi connectivity index (χ0v) is 26.6. The molecule has 13 heteroatoms. The van der Waals surface area contributed by atoms with Crippen molar-refractivity contribution in [2.75, 3.05) is 51.9 Å². The van der Waals surface area contributed by atoms with E-state index in [0.717, 1.165) is 17.3 Å². The minimum absolute atomic E-state index is 0.0753. The summed E-state index contributed by atoms with van der Waals surface area (Å²) in [6.07, 6.45) is 3.72. The molecule has 2 N–H and O–H groups in total. The van der Waals surface area contributed by atoms with Crippen molar-refractivity contribution < 1.29 is 24.0 Å². The van der Waals surface area contributed by atoms with Gasteiger partial charge in [0.1, 0.15) is 5.69 Å². The fourth-order valence-corrected chi connectivity index (χ4v) is 6.61. The number of nitrogens with zero attached hydrogens (tertiary/aromatic N) is 4. The molecule has 44 heavy (non-hydrogen) atoms. The van der Waals surface area contributed by atoms with E-state index >= 15 is 0 Å². The Balaban J connectivity index is 1.42. The van der Waals surface area contributed by atoms with E-state index in [1.165, 1.54) is 12.3 Å². The normalized spacial score (nSPS) is 22.5. The zero-order chi connectivity index (χ0) is 31.4. The minimum Gasteiger partial charge on any atom is -0.383 e. The van der Waals surface area contributed by atoms with Crippen molar-refractivity contribution in [3.8, 4) is 0 Å². The van der Waals surface area contributed by atoms with E-state index in [2.05, 4.69) is 50.3 Å². The van der Waals surface area contributed by atoms with Crippen LogP contribution in [-0.4, -0.2) is 102 Å². The number of methoxy groups -OCH3 is 1. The molecule has 3 aromatic rings. The summed E-state index contributed by atoms with van der Waals surface area (Å²) in [6, 6.07) is 9.70. The summed E-state index contributed by atoms with van der Waals surface area (Å²) >= 11 is 3.37. The summed E-state index contributed by atoms with van der Waals surface area (Å²) in [6.45, 7) is 7.00. The molecule has 3 heterocycles. The van der Waals surface area contributed by atoms with Crippen molar-refractivity contribution >= 4 is 49.9 Å². The maximum atomic E-state index is 14.1. The molecule has 0 unspecified atom stereocenters. The van der Waals surface area contributed by atoms with Gasteiger partial charge in [-0.1, -0.05) is 40.2 Å². The maximum absolute atomic E-state index is 14.1. The number of amides is 2. The van der Waals surface area contributed by atoms with Crippen LogP contribution in [0.5, 0.6) is 0 Å². The molecule has 5 rings (SSSR count). The van der Waals surface area contributed by atoms with Gasteiger partial charge in [0.15, 0.2) is 0 Å². The van der Waals surface area contributed by atoms with Gasteiger partial charge in [0, 0.05) is 73.8 Å². The number of fused-ring (bicyclic) bond motifs is 1. The number of nitro benzene ring substituents is 1. The molecule has 0 bridgehead atoms. The van der Waals surface area contributed by atoms with Crippen molar-refractivity contribution in [1.29, 1.82) is 0 Å². The van der Waals surface area contributed by atoms with Crippen LogP contribution in [0.25, 0.3) is 10.8 Å². The molecular formula is C31H37BrN6O6. The zero-order valence-electron chi connectivity index (χ0n) is 25.0. The number of ether oxygens (including phenoxy) is 2. The molecule has 234 valence electrons. The lowest BCUT2D eigenvalue weighted by Gasteiger charge is -2.44. The van der Waals surface area contributed by atoms with Crippen LogP contribution in [0, 0.1) is 10.1 Å². The molecule has 0 saturated carbocycles. The lowest BCUT2D eigenvalue weighted by atomic mass is 9.99. The summed E-state index contributed by atoms with van der Waals surface area (Å²) in [5.41, 5.74) is 0.486. The number of piperazine rings is 1. The molecule has 2 saturated heterocycles. The number of rotatable bonds is 9. The van der Waals surface area contributed by atoms with Crippen LogP contribution in [0.15, 0.2) is 53.3 Å². The van der Waals surface area contributed by atoms with E-state index in [1.54, 1.807) is 24.3 Å². The lowest BCUT2D eigenvalue weighted by Crippen LogP contribution is -2.58. The number of nitro groups is 1. The highest BCUT2D eigenvalue weighted by atomic mass is 79.9. The number of hydrogen-bond donors (Lipinski definition) is 2. The van der Waals surface area contributed by atoms with Crippen LogP contribution in [0.3, 0.4) is 0 Å². The van der Waals surface area contributed by atoms with Crippen molar-refractivity contribution in [1.82, 2.24) is 20.1 Å². The topological polar surface area (TPSA) is 139 Å². The minimum atomic E-state index is -0.536. The van der Waals surface area contributed by atoms with E-state index in [4.69, 9.17) is 9.47 Å². The Kier molecular flexibility index (Phi) is 10.1. The Morgan fingerprint density at radius 3 is 2.61 bits per heavy atom. The van der Waals surface area contributed by atoms with E-state index in [0.29, 0.717) is 42.8 Å². The van der Waals surface area contributed by atoms with Gasteiger partial charge in [-0.05, 0) is 31.7 Å². The third-order valence-corrected chi connectivity index (χ3v) is 8.82. The number of carbonyl (C=O) groups excluding carboxylic acids is 2. The van der Waals surface area contributed by atoms with Crippen LogP contribution < -0.4 is 10.6 Å². The standard InChI is InChI=1S/C31H37BrN6O6/c1-19-16-36(17-20(2)37(19)9-11-43-3)31(40)24-12-22(32)13-28(38(41)42)29(24)34-27-18-44-10-8-26(27)35-30(39)25-15-33-14-21-6-4-5-7-23(21)25/h4-7,12-15,19-20,26-27,34H,8-11,16-18H2,1-3H3,(H,35,39)/t19-,20+,26-,27+/m0/s1. The highest BCUT2D eigenvalue weighted by Crippen LogP contribution is 2.35. The summed E-state index contributed by atoms with van der Waals surface area (Å²) in [4.78, 5) is 47.6. The predicted molar refractivity (Wildman–Crippen MR) is 170 cm³/mol. The number of hydrogen-bond acceptors (Lipinski definition) is 9. The Morgan fingerprint density at radius 1 is 1.14 bits per heavy atom. The van der Waals surface area contributed by atoms with Crippen LogP contribution in [0.2, 0.25) is 0 Å². The highest BCUT2D eigenvalue weighted by molar-refractivity contribution is 9.10. The van der Waals surface area contributed by atoms with Crippen molar-refractivity contribution in [2.24, 2.45) is 0 Å². The fraction of sp³-hybridized carbons (Fsp3) is 0.452. The molecule has 2 aliphatic rings. The predicted octanol–water partition coefficient (Wildman–Crippen LogP) is 4.09. The molecule has 4 atom stereocenters. The van der Waals surface area contributed by atoms with Gasteiger partial charge in [0.2, 0.25) is 0 Å². The van der Waals surface area contributed by atoms with Gasteiger partial charge >= 0.3 is 0 Å². The Hall–Kier alpha value is -3.65. The number of benzene rings is 2. The van der Waals surface area contributed by atoms with Crippen LogP contribution in [0.4, 0.5) is 11.4 Å². The first-order valence-electron chi connectivity index (χ1n) is 14.7. The second-order valence-electron chi connectivity index (χ2n) is 11.3. The molecule has 12 nitrogen and oxygen atoms in total. The summed E-state index contributed by atoms with van der Waals surface area (Å²) in [7, 11) is 1.66. The molecule has 2 aliphatic heterocycles. The van der Waals surface area contributed by atoms with Gasteiger partial charge in [-0.2, -0.15) is 0 Å². The first-order chi connectivity index (χ1) is 21.2. The van der Waals surface area contributed by atoms with E-state index < -0.39 is 17.0 Å². The van der Waals surface area contributed by atoms with Crippen LogP contribution in [0.1, 0.15) is 41.0 Å². The number of halogens is 1. The van der Waals surface area contributed by atoms with Gasteiger partial charge in [0.25, 0.3) is 17.5 Å². The molecule has 2 aromatic carbocycles. The van der Waals surface area contributed by atoms with Gasteiger partial charge in [-0.3, -0.25) is 29.6 Å². The Labute approximate surface area is 264 Å². The summed E-state index contributed by atoms with van der Waals surface area (Å²) < 4.78 is 11.4. The van der Waals surface area contributed by atoms with Gasteiger partial charge in [-0.25, -0.2) is 0 Å². The average Bonchev–Trinajstić information content (AvgIpc) is 3.01. The summed E-state index contributed by atoms with van der Waals surface area (Å²) in [5, 5.41) is 20.2.